The summed E-state index contributed by atoms with van der Waals surface area (Å²) in [4.78, 5) is 22.5. The molecule has 98 valence electrons. The van der Waals surface area contributed by atoms with E-state index < -0.39 is 12.1 Å². The lowest BCUT2D eigenvalue weighted by atomic mass is 10.2. The van der Waals surface area contributed by atoms with Crippen LogP contribution in [-0.4, -0.2) is 25.0 Å². The number of benzene rings is 1. The molecule has 1 atom stereocenters. The van der Waals surface area contributed by atoms with E-state index in [0.717, 1.165) is 10.0 Å². The molecule has 0 fully saturated rings. The number of hydrogen-bond acceptors (Lipinski definition) is 3. The fourth-order valence-corrected chi connectivity index (χ4v) is 1.74. The summed E-state index contributed by atoms with van der Waals surface area (Å²) in [7, 11) is 1.46. The van der Waals surface area contributed by atoms with Gasteiger partial charge in [0.15, 0.2) is 0 Å². The second kappa shape index (κ2) is 7.13. The molecule has 18 heavy (non-hydrogen) atoms. The Hall–Kier alpha value is -1.40. The average Bonchev–Trinajstić information content (AvgIpc) is 2.35. The molecule has 0 heterocycles. The minimum atomic E-state index is -0.504. The van der Waals surface area contributed by atoms with Crippen molar-refractivity contribution in [3.63, 3.8) is 0 Å². The monoisotopic (exact) mass is 313 g/mol. The van der Waals surface area contributed by atoms with Crippen LogP contribution < -0.4 is 16.0 Å². The van der Waals surface area contributed by atoms with E-state index in [1.54, 1.807) is 6.92 Å². The van der Waals surface area contributed by atoms with E-state index in [1.165, 1.54) is 7.05 Å². The molecule has 0 aliphatic rings. The molecular formula is C12H16BrN3O2. The van der Waals surface area contributed by atoms with Crippen LogP contribution in [0.4, 0.5) is 4.79 Å². The molecule has 3 N–H and O–H groups in total. The first-order chi connectivity index (χ1) is 8.52. The zero-order valence-corrected chi connectivity index (χ0v) is 11.9. The van der Waals surface area contributed by atoms with Crippen LogP contribution in [-0.2, 0) is 11.3 Å². The van der Waals surface area contributed by atoms with Gasteiger partial charge in [0, 0.05) is 18.1 Å². The number of amides is 3. The van der Waals surface area contributed by atoms with Crippen LogP contribution in [0.15, 0.2) is 28.7 Å². The molecule has 1 unspecified atom stereocenters. The van der Waals surface area contributed by atoms with Crippen molar-refractivity contribution in [2.75, 3.05) is 7.05 Å². The summed E-state index contributed by atoms with van der Waals surface area (Å²) in [6.45, 7) is 2.26. The zero-order valence-electron chi connectivity index (χ0n) is 10.3. The molecule has 3 amide bonds. The van der Waals surface area contributed by atoms with Gasteiger partial charge in [0.1, 0.15) is 0 Å². The van der Waals surface area contributed by atoms with Crippen molar-refractivity contribution in [1.29, 1.82) is 0 Å². The van der Waals surface area contributed by atoms with Gasteiger partial charge in [0.2, 0.25) is 5.91 Å². The Morgan fingerprint density at radius 1 is 1.39 bits per heavy atom. The number of imide groups is 1. The van der Waals surface area contributed by atoms with Gasteiger partial charge >= 0.3 is 6.03 Å². The minimum Gasteiger partial charge on any atom is -0.341 e. The molecule has 0 aliphatic heterocycles. The average molecular weight is 314 g/mol. The van der Waals surface area contributed by atoms with Crippen molar-refractivity contribution >= 4 is 27.9 Å². The predicted octanol–water partition coefficient (Wildman–Crippen LogP) is 1.38. The molecule has 6 heteroatoms. The van der Waals surface area contributed by atoms with Gasteiger partial charge in [0.05, 0.1) is 6.04 Å². The van der Waals surface area contributed by atoms with Gasteiger partial charge in [-0.05, 0) is 24.6 Å². The summed E-state index contributed by atoms with van der Waals surface area (Å²) in [6, 6.07) is 6.84. The number of nitrogens with one attached hydrogen (secondary N) is 3. The highest BCUT2D eigenvalue weighted by Crippen LogP contribution is 2.11. The van der Waals surface area contributed by atoms with E-state index in [-0.39, 0.29) is 5.91 Å². The van der Waals surface area contributed by atoms with Crippen molar-refractivity contribution in [2.45, 2.75) is 19.5 Å². The smallest absolute Gasteiger partial charge is 0.321 e. The van der Waals surface area contributed by atoms with Crippen molar-refractivity contribution in [3.8, 4) is 0 Å². The first-order valence-corrected chi connectivity index (χ1v) is 6.32. The van der Waals surface area contributed by atoms with Crippen LogP contribution in [0.1, 0.15) is 12.5 Å². The van der Waals surface area contributed by atoms with Gasteiger partial charge < -0.3 is 10.6 Å². The normalized spacial score (nSPS) is 11.7. The number of rotatable bonds is 4. The highest BCUT2D eigenvalue weighted by atomic mass is 79.9. The second-order valence-corrected chi connectivity index (χ2v) is 4.72. The Kier molecular flexibility index (Phi) is 5.80. The quantitative estimate of drug-likeness (QED) is 0.786. The Bertz CT molecular complexity index is 437. The maximum Gasteiger partial charge on any atom is 0.321 e. The van der Waals surface area contributed by atoms with E-state index >= 15 is 0 Å². The SMILES string of the molecule is CNC(=O)NC(=O)C(C)NCc1cccc(Br)c1. The molecule has 0 aromatic heterocycles. The lowest BCUT2D eigenvalue weighted by molar-refractivity contribution is -0.121. The maximum absolute atomic E-state index is 11.6. The van der Waals surface area contributed by atoms with Crippen molar-refractivity contribution in [3.05, 3.63) is 34.3 Å². The first kappa shape index (κ1) is 14.7. The molecule has 0 bridgehead atoms. The number of urea groups is 1. The summed E-state index contributed by atoms with van der Waals surface area (Å²) in [5.74, 6) is -0.357. The third kappa shape index (κ3) is 4.85. The molecule has 1 aromatic rings. The molecule has 1 aromatic carbocycles. The lowest BCUT2D eigenvalue weighted by Gasteiger charge is -2.13. The predicted molar refractivity (Wildman–Crippen MR) is 73.0 cm³/mol. The fourth-order valence-electron chi connectivity index (χ4n) is 1.29. The lowest BCUT2D eigenvalue weighted by Crippen LogP contribution is -2.47. The summed E-state index contributed by atoms with van der Waals surface area (Å²) < 4.78 is 0.990. The van der Waals surface area contributed by atoms with Crippen molar-refractivity contribution in [2.24, 2.45) is 0 Å². The van der Waals surface area contributed by atoms with Gasteiger partial charge in [-0.1, -0.05) is 28.1 Å². The number of halogens is 1. The standard InChI is InChI=1S/C12H16BrN3O2/c1-8(11(17)16-12(18)14-2)15-7-9-4-3-5-10(13)6-9/h3-6,8,15H,7H2,1-2H3,(H2,14,16,17,18). The Balaban J connectivity index is 2.43. The van der Waals surface area contributed by atoms with E-state index in [9.17, 15) is 9.59 Å². The first-order valence-electron chi connectivity index (χ1n) is 5.53. The van der Waals surface area contributed by atoms with Crippen LogP contribution in [0.5, 0.6) is 0 Å². The highest BCUT2D eigenvalue weighted by molar-refractivity contribution is 9.10. The third-order valence-electron chi connectivity index (χ3n) is 2.36. The fraction of sp³-hybridized carbons (Fsp3) is 0.333. The maximum atomic E-state index is 11.6. The third-order valence-corrected chi connectivity index (χ3v) is 2.85. The summed E-state index contributed by atoms with van der Waals surface area (Å²) in [5, 5.41) is 7.59. The topological polar surface area (TPSA) is 70.2 Å². The van der Waals surface area contributed by atoms with Crippen molar-refractivity contribution in [1.82, 2.24) is 16.0 Å². The van der Waals surface area contributed by atoms with Crippen LogP contribution in [0.2, 0.25) is 0 Å². The van der Waals surface area contributed by atoms with Crippen LogP contribution >= 0.6 is 15.9 Å². The zero-order chi connectivity index (χ0) is 13.5. The molecule has 0 saturated carbocycles. The van der Waals surface area contributed by atoms with E-state index in [4.69, 9.17) is 0 Å². The second-order valence-electron chi connectivity index (χ2n) is 3.80. The largest absolute Gasteiger partial charge is 0.341 e. The summed E-state index contributed by atoms with van der Waals surface area (Å²) in [6.07, 6.45) is 0. The molecule has 0 aliphatic carbocycles. The van der Waals surface area contributed by atoms with Gasteiger partial charge in [-0.15, -0.1) is 0 Å². The van der Waals surface area contributed by atoms with Gasteiger partial charge in [-0.2, -0.15) is 0 Å². The Labute approximate surface area is 114 Å². The summed E-state index contributed by atoms with van der Waals surface area (Å²) in [5.41, 5.74) is 1.06. The van der Waals surface area contributed by atoms with Crippen LogP contribution in [0.3, 0.4) is 0 Å². The van der Waals surface area contributed by atoms with E-state index in [2.05, 4.69) is 31.9 Å². The number of hydrogen-bond donors (Lipinski definition) is 3. The Morgan fingerprint density at radius 3 is 2.72 bits per heavy atom. The van der Waals surface area contributed by atoms with E-state index in [0.29, 0.717) is 6.54 Å². The molecular weight excluding hydrogens is 298 g/mol. The van der Waals surface area contributed by atoms with Crippen molar-refractivity contribution < 1.29 is 9.59 Å². The summed E-state index contributed by atoms with van der Waals surface area (Å²) >= 11 is 3.38. The number of carbonyl (C=O) groups excluding carboxylic acids is 2. The number of carbonyl (C=O) groups is 2. The van der Waals surface area contributed by atoms with Gasteiger partial charge in [0.25, 0.3) is 0 Å². The van der Waals surface area contributed by atoms with E-state index in [1.807, 2.05) is 24.3 Å². The highest BCUT2D eigenvalue weighted by Gasteiger charge is 2.14. The van der Waals surface area contributed by atoms with Gasteiger partial charge in [-0.25, -0.2) is 4.79 Å². The Morgan fingerprint density at radius 2 is 2.11 bits per heavy atom. The minimum absolute atomic E-state index is 0.357. The molecule has 0 spiro atoms. The van der Waals surface area contributed by atoms with Gasteiger partial charge in [-0.3, -0.25) is 10.1 Å². The van der Waals surface area contributed by atoms with Crippen LogP contribution in [0.25, 0.3) is 0 Å². The molecule has 0 saturated heterocycles. The molecule has 5 nitrogen and oxygen atoms in total. The van der Waals surface area contributed by atoms with Crippen LogP contribution in [0, 0.1) is 0 Å². The molecule has 0 radical (unpaired) electrons. The molecule has 1 rings (SSSR count).